The van der Waals surface area contributed by atoms with Gasteiger partial charge in [0.2, 0.25) is 10.0 Å². The number of hydrogen-bond acceptors (Lipinski definition) is 7. The minimum absolute atomic E-state index is 0.326. The van der Waals surface area contributed by atoms with E-state index in [2.05, 4.69) is 30.4 Å². The fourth-order valence-electron chi connectivity index (χ4n) is 3.49. The molecule has 0 aliphatic rings. The third-order valence-corrected chi connectivity index (χ3v) is 6.13. The van der Waals surface area contributed by atoms with Gasteiger partial charge in [0.25, 0.3) is 0 Å². The monoisotopic (exact) mass is 536 g/mol. The third-order valence-electron chi connectivity index (χ3n) is 5.52. The molecular formula is C28H44N2O6S. The number of rotatable bonds is 15. The summed E-state index contributed by atoms with van der Waals surface area (Å²) in [4.78, 5) is 14.3. The van der Waals surface area contributed by atoms with E-state index < -0.39 is 16.1 Å². The van der Waals surface area contributed by atoms with Crippen molar-refractivity contribution < 1.29 is 27.4 Å². The van der Waals surface area contributed by atoms with Gasteiger partial charge in [-0.05, 0) is 68.9 Å². The van der Waals surface area contributed by atoms with E-state index in [1.165, 1.54) is 19.6 Å². The largest absolute Gasteiger partial charge is 0.493 e. The number of hydrogen-bond donors (Lipinski definition) is 1. The Hall–Kier alpha value is -2.62. The summed E-state index contributed by atoms with van der Waals surface area (Å²) in [5.41, 5.74) is 2.54. The highest BCUT2D eigenvalue weighted by Gasteiger charge is 2.20. The number of ether oxygens (including phenoxy) is 3. The highest BCUT2D eigenvalue weighted by molar-refractivity contribution is 7.92. The molecule has 37 heavy (non-hydrogen) atoms. The quantitative estimate of drug-likeness (QED) is 0.334. The molecule has 9 heteroatoms. The molecule has 1 atom stereocenters. The minimum atomic E-state index is -3.27. The summed E-state index contributed by atoms with van der Waals surface area (Å²) < 4.78 is 41.2. The van der Waals surface area contributed by atoms with E-state index in [0.29, 0.717) is 38.3 Å². The molecule has 0 fully saturated rings. The molecule has 0 heterocycles. The molecule has 0 aromatic heterocycles. The number of esters is 1. The van der Waals surface area contributed by atoms with Crippen molar-refractivity contribution in [2.75, 3.05) is 50.4 Å². The fraction of sp³-hybridized carbons (Fsp3) is 0.536. The van der Waals surface area contributed by atoms with Gasteiger partial charge in [-0.25, -0.2) is 13.2 Å². The van der Waals surface area contributed by atoms with E-state index >= 15 is 0 Å². The van der Waals surface area contributed by atoms with Crippen LogP contribution in [0, 0.1) is 0 Å². The van der Waals surface area contributed by atoms with Crippen molar-refractivity contribution in [2.24, 2.45) is 0 Å². The van der Waals surface area contributed by atoms with Gasteiger partial charge < -0.3 is 19.1 Å². The van der Waals surface area contributed by atoms with Crippen molar-refractivity contribution in [2.45, 2.75) is 53.6 Å². The molecule has 0 spiro atoms. The SMILES string of the molecule is CCN(CC)CC.CCOC(=O)C(Cc1ccc(OCCc2ccc(NS(C)(=O)=O)cc2)cc1)OCC. The molecule has 0 aliphatic carbocycles. The molecule has 2 rings (SSSR count). The van der Waals surface area contributed by atoms with E-state index in [9.17, 15) is 13.2 Å². The topological polar surface area (TPSA) is 94.2 Å². The zero-order valence-corrected chi connectivity index (χ0v) is 24.0. The maximum atomic E-state index is 12.0. The first kappa shape index (κ1) is 32.4. The highest BCUT2D eigenvalue weighted by atomic mass is 32.2. The van der Waals surface area contributed by atoms with Crippen LogP contribution in [0.1, 0.15) is 45.7 Å². The Kier molecular flexibility index (Phi) is 15.6. The Bertz CT molecular complexity index is 985. The average molecular weight is 537 g/mol. The maximum Gasteiger partial charge on any atom is 0.335 e. The molecule has 0 aliphatic heterocycles. The molecule has 1 unspecified atom stereocenters. The summed E-state index contributed by atoms with van der Waals surface area (Å²) in [6, 6.07) is 14.7. The van der Waals surface area contributed by atoms with Crippen molar-refractivity contribution in [3.8, 4) is 5.75 Å². The lowest BCUT2D eigenvalue weighted by molar-refractivity contribution is -0.156. The first-order valence-corrected chi connectivity index (χ1v) is 14.8. The fourth-order valence-corrected chi connectivity index (χ4v) is 4.06. The zero-order valence-electron chi connectivity index (χ0n) is 23.2. The van der Waals surface area contributed by atoms with Gasteiger partial charge in [-0.15, -0.1) is 0 Å². The lowest BCUT2D eigenvalue weighted by Crippen LogP contribution is -2.28. The predicted octanol–water partition coefficient (Wildman–Crippen LogP) is 4.54. The Morgan fingerprint density at radius 1 is 0.865 bits per heavy atom. The first-order valence-electron chi connectivity index (χ1n) is 12.9. The second kappa shape index (κ2) is 17.8. The van der Waals surface area contributed by atoms with Gasteiger partial charge in [0, 0.05) is 25.1 Å². The number of anilines is 1. The van der Waals surface area contributed by atoms with Crippen molar-refractivity contribution in [1.29, 1.82) is 0 Å². The van der Waals surface area contributed by atoms with Crippen LogP contribution in [0.3, 0.4) is 0 Å². The number of sulfonamides is 1. The van der Waals surface area contributed by atoms with E-state index in [-0.39, 0.29) is 5.97 Å². The van der Waals surface area contributed by atoms with Gasteiger partial charge in [-0.3, -0.25) is 4.72 Å². The standard InChI is InChI=1S/C22H29NO6S.C6H15N/c1-4-27-21(22(24)28-5-2)16-18-8-12-20(13-9-18)29-15-14-17-6-10-19(11-7-17)23-30(3,25)26;1-4-7(5-2)6-3/h6-13,21,23H,4-5,14-16H2,1-3H3;4-6H2,1-3H3. The summed E-state index contributed by atoms with van der Waals surface area (Å²) >= 11 is 0. The van der Waals surface area contributed by atoms with Crippen LogP contribution in [-0.2, 0) is 37.1 Å². The molecule has 0 saturated heterocycles. The van der Waals surface area contributed by atoms with Gasteiger partial charge in [0.15, 0.2) is 6.10 Å². The Balaban J connectivity index is 0.000000856. The molecule has 0 bridgehead atoms. The van der Waals surface area contributed by atoms with Crippen LogP contribution in [0.25, 0.3) is 0 Å². The van der Waals surface area contributed by atoms with Crippen LogP contribution in [0.15, 0.2) is 48.5 Å². The van der Waals surface area contributed by atoms with Crippen LogP contribution in [0.2, 0.25) is 0 Å². The van der Waals surface area contributed by atoms with Crippen LogP contribution >= 0.6 is 0 Å². The molecule has 0 saturated carbocycles. The van der Waals surface area contributed by atoms with E-state index in [1.54, 1.807) is 19.1 Å². The van der Waals surface area contributed by atoms with E-state index in [0.717, 1.165) is 23.1 Å². The molecule has 1 N–H and O–H groups in total. The summed E-state index contributed by atoms with van der Waals surface area (Å²) in [6.07, 6.45) is 1.65. The van der Waals surface area contributed by atoms with E-state index in [4.69, 9.17) is 14.2 Å². The van der Waals surface area contributed by atoms with Crippen LogP contribution < -0.4 is 9.46 Å². The summed E-state index contributed by atoms with van der Waals surface area (Å²) in [6.45, 7) is 15.0. The average Bonchev–Trinajstić information content (AvgIpc) is 2.86. The lowest BCUT2D eigenvalue weighted by Gasteiger charge is -2.15. The minimum Gasteiger partial charge on any atom is -0.493 e. The molecule has 0 amide bonds. The van der Waals surface area contributed by atoms with Crippen LogP contribution in [0.5, 0.6) is 5.75 Å². The van der Waals surface area contributed by atoms with Crippen molar-refractivity contribution in [3.05, 3.63) is 59.7 Å². The van der Waals surface area contributed by atoms with Crippen LogP contribution in [-0.4, -0.2) is 71.1 Å². The maximum absolute atomic E-state index is 12.0. The Labute approximate surface area is 223 Å². The number of benzene rings is 2. The highest BCUT2D eigenvalue weighted by Crippen LogP contribution is 2.16. The number of nitrogens with one attached hydrogen (secondary N) is 1. The summed E-state index contributed by atoms with van der Waals surface area (Å²) in [5.74, 6) is 0.385. The smallest absolute Gasteiger partial charge is 0.335 e. The molecule has 0 radical (unpaired) electrons. The normalized spacial score (nSPS) is 11.9. The van der Waals surface area contributed by atoms with Gasteiger partial charge in [-0.1, -0.05) is 45.0 Å². The van der Waals surface area contributed by atoms with Gasteiger partial charge in [-0.2, -0.15) is 0 Å². The molecule has 2 aromatic carbocycles. The molecular weight excluding hydrogens is 492 g/mol. The second-order valence-electron chi connectivity index (χ2n) is 8.33. The van der Waals surface area contributed by atoms with E-state index in [1.807, 2.05) is 43.3 Å². The number of carbonyl (C=O) groups excluding carboxylic acids is 1. The Morgan fingerprint density at radius 2 is 1.43 bits per heavy atom. The van der Waals surface area contributed by atoms with Crippen molar-refractivity contribution >= 4 is 21.7 Å². The Morgan fingerprint density at radius 3 is 1.89 bits per heavy atom. The first-order chi connectivity index (χ1) is 17.6. The predicted molar refractivity (Wildman–Crippen MR) is 150 cm³/mol. The van der Waals surface area contributed by atoms with Gasteiger partial charge in [0.1, 0.15) is 5.75 Å². The third kappa shape index (κ3) is 14.0. The number of nitrogens with zero attached hydrogens (tertiary/aromatic N) is 1. The van der Waals surface area contributed by atoms with Crippen molar-refractivity contribution in [3.63, 3.8) is 0 Å². The number of carbonyl (C=O) groups is 1. The molecule has 2 aromatic rings. The van der Waals surface area contributed by atoms with Crippen molar-refractivity contribution in [1.82, 2.24) is 4.90 Å². The second-order valence-corrected chi connectivity index (χ2v) is 10.1. The van der Waals surface area contributed by atoms with Gasteiger partial charge >= 0.3 is 5.97 Å². The van der Waals surface area contributed by atoms with Gasteiger partial charge in [0.05, 0.1) is 19.5 Å². The lowest BCUT2D eigenvalue weighted by atomic mass is 10.1. The molecule has 208 valence electrons. The molecule has 8 nitrogen and oxygen atoms in total. The zero-order chi connectivity index (χ0) is 27.7. The van der Waals surface area contributed by atoms with Crippen LogP contribution in [0.4, 0.5) is 5.69 Å². The summed E-state index contributed by atoms with van der Waals surface area (Å²) in [5, 5.41) is 0. The summed E-state index contributed by atoms with van der Waals surface area (Å²) in [7, 11) is -3.27.